The van der Waals surface area contributed by atoms with Gasteiger partial charge in [0.1, 0.15) is 16.4 Å². The Balaban J connectivity index is 2.12. The second-order valence-electron chi connectivity index (χ2n) is 4.38. The van der Waals surface area contributed by atoms with Crippen LogP contribution in [0.1, 0.15) is 28.2 Å². The Morgan fingerprint density at radius 3 is 2.60 bits per heavy atom. The Labute approximate surface area is 122 Å². The topological polar surface area (TPSA) is 85.3 Å². The molecule has 0 radical (unpaired) electrons. The fraction of sp³-hybridized carbons (Fsp3) is 0.385. The zero-order valence-electron chi connectivity index (χ0n) is 11.5. The van der Waals surface area contributed by atoms with Gasteiger partial charge in [-0.05, 0) is 25.5 Å². The molecular formula is C13H18N2O3S2. The summed E-state index contributed by atoms with van der Waals surface area (Å²) < 4.78 is 32.3. The maximum atomic E-state index is 12.2. The van der Waals surface area contributed by atoms with Crippen molar-refractivity contribution in [1.29, 1.82) is 0 Å². The lowest BCUT2D eigenvalue weighted by Gasteiger charge is -2.03. The van der Waals surface area contributed by atoms with Crippen LogP contribution in [-0.4, -0.2) is 8.42 Å². The molecule has 20 heavy (non-hydrogen) atoms. The average molecular weight is 314 g/mol. The molecule has 0 unspecified atom stereocenters. The van der Waals surface area contributed by atoms with Gasteiger partial charge in [0.2, 0.25) is 10.0 Å². The highest BCUT2D eigenvalue weighted by molar-refractivity contribution is 7.89. The third-order valence-electron chi connectivity index (χ3n) is 2.92. The molecule has 2 aromatic heterocycles. The van der Waals surface area contributed by atoms with Gasteiger partial charge in [-0.3, -0.25) is 0 Å². The van der Waals surface area contributed by atoms with E-state index in [2.05, 4.69) is 11.6 Å². The molecule has 110 valence electrons. The maximum Gasteiger partial charge on any atom is 0.244 e. The summed E-state index contributed by atoms with van der Waals surface area (Å²) in [6, 6.07) is 5.44. The van der Waals surface area contributed by atoms with Crippen molar-refractivity contribution in [2.24, 2.45) is 5.73 Å². The van der Waals surface area contributed by atoms with Crippen LogP contribution >= 0.6 is 11.3 Å². The first-order valence-corrected chi connectivity index (χ1v) is 8.63. The predicted molar refractivity (Wildman–Crippen MR) is 79.1 cm³/mol. The van der Waals surface area contributed by atoms with Crippen LogP contribution in [-0.2, 0) is 29.5 Å². The lowest BCUT2D eigenvalue weighted by Crippen LogP contribution is -2.23. The number of furan rings is 1. The molecule has 0 atom stereocenters. The van der Waals surface area contributed by atoms with Crippen LogP contribution in [0.2, 0.25) is 0 Å². The molecule has 0 fully saturated rings. The lowest BCUT2D eigenvalue weighted by atomic mass is 10.4. The monoisotopic (exact) mass is 314 g/mol. The number of nitrogens with two attached hydrogens (primary N) is 1. The van der Waals surface area contributed by atoms with Gasteiger partial charge in [-0.25, -0.2) is 13.1 Å². The molecule has 0 aliphatic rings. The molecule has 0 amide bonds. The first kappa shape index (κ1) is 15.2. The van der Waals surface area contributed by atoms with Crippen molar-refractivity contribution in [3.63, 3.8) is 0 Å². The van der Waals surface area contributed by atoms with Gasteiger partial charge < -0.3 is 10.2 Å². The molecule has 2 heterocycles. The van der Waals surface area contributed by atoms with E-state index >= 15 is 0 Å². The normalized spacial score (nSPS) is 11.9. The second kappa shape index (κ2) is 6.09. The van der Waals surface area contributed by atoms with E-state index in [0.29, 0.717) is 11.5 Å². The summed E-state index contributed by atoms with van der Waals surface area (Å²) in [6.45, 7) is 4.16. The molecule has 0 aromatic carbocycles. The average Bonchev–Trinajstić information content (AvgIpc) is 3.02. The number of sulfonamides is 1. The van der Waals surface area contributed by atoms with Gasteiger partial charge in [-0.2, -0.15) is 0 Å². The highest BCUT2D eigenvalue weighted by atomic mass is 32.2. The van der Waals surface area contributed by atoms with Gasteiger partial charge in [0.15, 0.2) is 0 Å². The Bertz CT molecular complexity index is 686. The zero-order chi connectivity index (χ0) is 14.8. The third-order valence-corrected chi connectivity index (χ3v) is 5.65. The standard InChI is InChI=1S/C13H18N2O3S2/c1-3-11-4-5-12(19-11)8-15-20(16,17)13-6-10(7-14)18-9(13)2/h4-6,15H,3,7-8,14H2,1-2H3. The Morgan fingerprint density at radius 1 is 1.35 bits per heavy atom. The molecule has 3 N–H and O–H groups in total. The Kier molecular flexibility index (Phi) is 4.64. The number of aryl methyl sites for hydroxylation is 2. The maximum absolute atomic E-state index is 12.2. The van der Waals surface area contributed by atoms with Crippen LogP contribution in [0.5, 0.6) is 0 Å². The van der Waals surface area contributed by atoms with Crippen molar-refractivity contribution in [3.8, 4) is 0 Å². The van der Waals surface area contributed by atoms with Crippen molar-refractivity contribution in [3.05, 3.63) is 39.5 Å². The largest absolute Gasteiger partial charge is 0.464 e. The number of hydrogen-bond acceptors (Lipinski definition) is 5. The van der Waals surface area contributed by atoms with Crippen LogP contribution in [0, 0.1) is 6.92 Å². The van der Waals surface area contributed by atoms with E-state index < -0.39 is 10.0 Å². The summed E-state index contributed by atoms with van der Waals surface area (Å²) >= 11 is 1.61. The Hall–Kier alpha value is -1.15. The van der Waals surface area contributed by atoms with Gasteiger partial charge in [0.25, 0.3) is 0 Å². The molecule has 0 saturated carbocycles. The van der Waals surface area contributed by atoms with E-state index in [1.54, 1.807) is 18.3 Å². The number of nitrogens with one attached hydrogen (secondary N) is 1. The van der Waals surface area contributed by atoms with Crippen molar-refractivity contribution in [2.45, 2.75) is 38.3 Å². The molecule has 0 bridgehead atoms. The third kappa shape index (κ3) is 3.29. The van der Waals surface area contributed by atoms with Gasteiger partial charge in [0.05, 0.1) is 6.54 Å². The minimum Gasteiger partial charge on any atom is -0.464 e. The quantitative estimate of drug-likeness (QED) is 0.855. The smallest absolute Gasteiger partial charge is 0.244 e. The van der Waals surface area contributed by atoms with Gasteiger partial charge in [0, 0.05) is 22.4 Å². The summed E-state index contributed by atoms with van der Waals surface area (Å²) in [5.41, 5.74) is 5.45. The molecule has 0 spiro atoms. The number of thiophene rings is 1. The van der Waals surface area contributed by atoms with Crippen molar-refractivity contribution in [2.75, 3.05) is 0 Å². The number of rotatable bonds is 6. The molecule has 7 heteroatoms. The van der Waals surface area contributed by atoms with Crippen LogP contribution in [0.25, 0.3) is 0 Å². The molecule has 2 aromatic rings. The summed E-state index contributed by atoms with van der Waals surface area (Å²) in [5.74, 6) is 0.825. The second-order valence-corrected chi connectivity index (χ2v) is 7.37. The molecule has 0 aliphatic carbocycles. The van der Waals surface area contributed by atoms with Crippen LogP contribution in [0.15, 0.2) is 27.5 Å². The minimum absolute atomic E-state index is 0.158. The van der Waals surface area contributed by atoms with Crippen molar-refractivity contribution >= 4 is 21.4 Å². The van der Waals surface area contributed by atoms with E-state index in [1.165, 1.54) is 10.9 Å². The SMILES string of the molecule is CCc1ccc(CNS(=O)(=O)c2cc(CN)oc2C)s1. The highest BCUT2D eigenvalue weighted by Gasteiger charge is 2.21. The highest BCUT2D eigenvalue weighted by Crippen LogP contribution is 2.21. The summed E-state index contributed by atoms with van der Waals surface area (Å²) in [5, 5.41) is 0. The van der Waals surface area contributed by atoms with E-state index in [0.717, 1.165) is 11.3 Å². The molecular weight excluding hydrogens is 296 g/mol. The van der Waals surface area contributed by atoms with E-state index in [9.17, 15) is 8.42 Å². The molecule has 0 aliphatic heterocycles. The van der Waals surface area contributed by atoms with Crippen LogP contribution < -0.4 is 10.5 Å². The van der Waals surface area contributed by atoms with Crippen molar-refractivity contribution in [1.82, 2.24) is 4.72 Å². The van der Waals surface area contributed by atoms with Crippen LogP contribution in [0.3, 0.4) is 0 Å². The van der Waals surface area contributed by atoms with Crippen LogP contribution in [0.4, 0.5) is 0 Å². The molecule has 0 saturated heterocycles. The lowest BCUT2D eigenvalue weighted by molar-refractivity contribution is 0.478. The summed E-state index contributed by atoms with van der Waals surface area (Å²) in [4.78, 5) is 2.39. The fourth-order valence-corrected chi connectivity index (χ4v) is 4.04. The van der Waals surface area contributed by atoms with E-state index in [4.69, 9.17) is 10.2 Å². The number of hydrogen-bond donors (Lipinski definition) is 2. The summed E-state index contributed by atoms with van der Waals surface area (Å²) in [7, 11) is -3.57. The minimum atomic E-state index is -3.57. The predicted octanol–water partition coefficient (Wildman–Crippen LogP) is 2.15. The van der Waals surface area contributed by atoms with Crippen molar-refractivity contribution < 1.29 is 12.8 Å². The summed E-state index contributed by atoms with van der Waals surface area (Å²) in [6.07, 6.45) is 0.956. The van der Waals surface area contributed by atoms with Gasteiger partial charge in [-0.1, -0.05) is 6.92 Å². The first-order chi connectivity index (χ1) is 9.46. The van der Waals surface area contributed by atoms with E-state index in [1.807, 2.05) is 12.1 Å². The molecule has 2 rings (SSSR count). The van der Waals surface area contributed by atoms with Gasteiger partial charge >= 0.3 is 0 Å². The first-order valence-electron chi connectivity index (χ1n) is 6.33. The fourth-order valence-electron chi connectivity index (χ4n) is 1.84. The zero-order valence-corrected chi connectivity index (χ0v) is 13.1. The van der Waals surface area contributed by atoms with E-state index in [-0.39, 0.29) is 18.0 Å². The Morgan fingerprint density at radius 2 is 2.05 bits per heavy atom. The molecule has 5 nitrogen and oxygen atoms in total. The van der Waals surface area contributed by atoms with Gasteiger partial charge in [-0.15, -0.1) is 11.3 Å².